The second-order valence-corrected chi connectivity index (χ2v) is 18.3. The van der Waals surface area contributed by atoms with Gasteiger partial charge in [-0.25, -0.2) is 27.5 Å². The molecule has 1 amide bonds. The average Bonchev–Trinajstić information content (AvgIpc) is 3.79. The van der Waals surface area contributed by atoms with Gasteiger partial charge in [0.1, 0.15) is 5.56 Å². The van der Waals surface area contributed by atoms with Crippen molar-refractivity contribution in [3.8, 4) is 22.3 Å². The van der Waals surface area contributed by atoms with Crippen molar-refractivity contribution < 1.29 is 46.3 Å². The zero-order chi connectivity index (χ0) is 41.4. The maximum Gasteiger partial charge on any atom is 0.478 e. The van der Waals surface area contributed by atoms with Crippen LogP contribution in [0.4, 0.5) is 25.0 Å². The van der Waals surface area contributed by atoms with Gasteiger partial charge in [-0.2, -0.15) is 0 Å². The number of halogens is 2. The van der Waals surface area contributed by atoms with Gasteiger partial charge in [-0.1, -0.05) is 6.07 Å². The number of anilines is 2. The molecule has 14 nitrogen and oxygen atoms in total. The minimum absolute atomic E-state index is 0.0258. The number of likely N-dealkylation sites (N-methyl/N-ethyl adjacent to an activating group) is 1. The zero-order valence-corrected chi connectivity index (χ0v) is 34.0. The summed E-state index contributed by atoms with van der Waals surface area (Å²) >= 11 is 0. The Morgan fingerprint density at radius 1 is 1.04 bits per heavy atom. The Bertz CT molecular complexity index is 2390. The molecule has 17 heteroatoms. The quantitative estimate of drug-likeness (QED) is 0.117. The first-order valence-corrected chi connectivity index (χ1v) is 20.0. The summed E-state index contributed by atoms with van der Waals surface area (Å²) in [6, 6.07) is 7.24. The van der Waals surface area contributed by atoms with Gasteiger partial charge in [-0.3, -0.25) is 28.1 Å². The predicted octanol–water partition coefficient (Wildman–Crippen LogP) is 7.33. The highest BCUT2D eigenvalue weighted by atomic mass is 31.2. The number of carboxylic acids is 1. The van der Waals surface area contributed by atoms with Crippen molar-refractivity contribution in [3.05, 3.63) is 81.5 Å². The zero-order valence-electron chi connectivity index (χ0n) is 33.1. The van der Waals surface area contributed by atoms with Crippen molar-refractivity contribution in [2.24, 2.45) is 5.92 Å². The lowest BCUT2D eigenvalue weighted by molar-refractivity contribution is -0.0275. The number of carbonyl (C=O) groups excluding carboxylic acids is 1. The molecule has 2 atom stereocenters. The summed E-state index contributed by atoms with van der Waals surface area (Å²) < 4.78 is 68.8. The summed E-state index contributed by atoms with van der Waals surface area (Å²) in [5.41, 5.74) is 0.245. The number of phosphoric ester groups is 1. The first-order chi connectivity index (χ1) is 26.6. The lowest BCUT2D eigenvalue weighted by Gasteiger charge is -2.31. The van der Waals surface area contributed by atoms with Gasteiger partial charge in [0.15, 0.2) is 11.6 Å². The minimum Gasteiger partial charge on any atom is -0.477 e. The number of fused-ring (bicyclic) bond motifs is 5. The Hall–Kier alpha value is -4.73. The number of carbonyl (C=O) groups is 2. The molecule has 3 aliphatic rings. The first-order valence-electron chi connectivity index (χ1n) is 18.6. The van der Waals surface area contributed by atoms with E-state index in [1.54, 1.807) is 66.1 Å². The fourth-order valence-electron chi connectivity index (χ4n) is 8.05. The van der Waals surface area contributed by atoms with E-state index in [-0.39, 0.29) is 23.7 Å². The molecule has 7 rings (SSSR count). The van der Waals surface area contributed by atoms with Gasteiger partial charge < -0.3 is 19.6 Å². The van der Waals surface area contributed by atoms with Crippen LogP contribution >= 0.6 is 7.82 Å². The van der Waals surface area contributed by atoms with Gasteiger partial charge in [-0.15, -0.1) is 0 Å². The molecule has 2 aliphatic heterocycles. The van der Waals surface area contributed by atoms with Gasteiger partial charge in [0.05, 0.1) is 28.3 Å². The second kappa shape index (κ2) is 14.6. The molecule has 0 radical (unpaired) electrons. The SMILES string of the molecule is CN1C[C@@H]2CCN(c3c(-c4ccc5ccc(C(=O)O)c(=O)n5c4)cnc4c3-c3c(F)c(F)cc(N(C)C(=O)OCOP(=O)(OC(C)(C)C)OC(C)(C)C)c3C4)[C@@H]2C1. The molecule has 1 N–H and O–H groups in total. The highest BCUT2D eigenvalue weighted by molar-refractivity contribution is 7.48. The van der Waals surface area contributed by atoms with Crippen LogP contribution in [-0.2, 0) is 29.3 Å². The van der Waals surface area contributed by atoms with E-state index < -0.39 is 60.6 Å². The molecule has 304 valence electrons. The summed E-state index contributed by atoms with van der Waals surface area (Å²) in [6.45, 7) is 11.4. The van der Waals surface area contributed by atoms with E-state index in [4.69, 9.17) is 23.3 Å². The Morgan fingerprint density at radius 2 is 1.72 bits per heavy atom. The van der Waals surface area contributed by atoms with Crippen molar-refractivity contribution in [1.82, 2.24) is 14.3 Å². The second-order valence-electron chi connectivity index (χ2n) is 16.7. The third-order valence-corrected chi connectivity index (χ3v) is 12.2. The summed E-state index contributed by atoms with van der Waals surface area (Å²) in [7, 11) is -0.860. The summed E-state index contributed by atoms with van der Waals surface area (Å²) in [5.74, 6) is -3.36. The number of hydrogen-bond acceptors (Lipinski definition) is 11. The molecule has 2 fully saturated rings. The smallest absolute Gasteiger partial charge is 0.477 e. The highest BCUT2D eigenvalue weighted by Crippen LogP contribution is 2.56. The van der Waals surface area contributed by atoms with Crippen LogP contribution in [0.5, 0.6) is 0 Å². The van der Waals surface area contributed by atoms with E-state index in [0.717, 1.165) is 30.5 Å². The highest BCUT2D eigenvalue weighted by Gasteiger charge is 2.44. The molecule has 57 heavy (non-hydrogen) atoms. The fraction of sp³-hybridized carbons (Fsp3) is 0.450. The van der Waals surface area contributed by atoms with E-state index in [2.05, 4.69) is 9.80 Å². The molecular formula is C40H46F2N5O9P. The van der Waals surface area contributed by atoms with Crippen LogP contribution in [0.2, 0.25) is 0 Å². The van der Waals surface area contributed by atoms with E-state index in [1.165, 1.54) is 23.6 Å². The van der Waals surface area contributed by atoms with E-state index in [0.29, 0.717) is 51.6 Å². The topological polar surface area (TPSA) is 152 Å². The van der Waals surface area contributed by atoms with Crippen LogP contribution in [0.1, 0.15) is 69.6 Å². The number of ether oxygens (including phenoxy) is 1. The largest absolute Gasteiger partial charge is 0.478 e. The van der Waals surface area contributed by atoms with E-state index >= 15 is 8.78 Å². The maximum absolute atomic E-state index is 16.4. The average molecular weight is 810 g/mol. The minimum atomic E-state index is -4.24. The first kappa shape index (κ1) is 40.5. The molecule has 0 unspecified atom stereocenters. The third-order valence-electron chi connectivity index (χ3n) is 10.2. The lowest BCUT2D eigenvalue weighted by atomic mass is 9.96. The van der Waals surface area contributed by atoms with Crippen LogP contribution in [-0.4, -0.2) is 89.2 Å². The summed E-state index contributed by atoms with van der Waals surface area (Å²) in [4.78, 5) is 48.8. The van der Waals surface area contributed by atoms with Gasteiger partial charge in [0.2, 0.25) is 6.79 Å². The third kappa shape index (κ3) is 7.81. The van der Waals surface area contributed by atoms with Crippen molar-refractivity contribution in [3.63, 3.8) is 0 Å². The van der Waals surface area contributed by atoms with E-state index in [1.807, 2.05) is 7.05 Å². The van der Waals surface area contributed by atoms with Crippen LogP contribution in [0.3, 0.4) is 0 Å². The molecule has 4 aromatic rings. The Kier molecular flexibility index (Phi) is 10.4. The molecule has 0 saturated carbocycles. The normalized spacial score (nSPS) is 18.2. The number of likely N-dealkylation sites (tertiary alicyclic amines) is 1. The van der Waals surface area contributed by atoms with Gasteiger partial charge in [0.25, 0.3) is 5.56 Å². The number of nitrogens with zero attached hydrogens (tertiary/aromatic N) is 5. The van der Waals surface area contributed by atoms with Crippen LogP contribution < -0.4 is 15.4 Å². The Morgan fingerprint density at radius 3 is 2.39 bits per heavy atom. The summed E-state index contributed by atoms with van der Waals surface area (Å²) in [6.07, 6.45) is 3.08. The van der Waals surface area contributed by atoms with Crippen LogP contribution in [0.15, 0.2) is 47.5 Å². The number of benzene rings is 1. The van der Waals surface area contributed by atoms with Gasteiger partial charge in [0, 0.05) is 85.4 Å². The van der Waals surface area contributed by atoms with Crippen LogP contribution in [0, 0.1) is 17.6 Å². The lowest BCUT2D eigenvalue weighted by Crippen LogP contribution is -2.35. The number of aromatic nitrogens is 2. The van der Waals surface area contributed by atoms with Crippen molar-refractivity contribution >= 4 is 36.8 Å². The van der Waals surface area contributed by atoms with Crippen molar-refractivity contribution in [1.29, 1.82) is 0 Å². The Balaban J connectivity index is 1.30. The van der Waals surface area contributed by atoms with Crippen molar-refractivity contribution in [2.45, 2.75) is 71.6 Å². The fourth-order valence-corrected chi connectivity index (χ4v) is 9.71. The number of rotatable bonds is 9. The number of phosphoric acid groups is 1. The number of amides is 1. The molecule has 0 bridgehead atoms. The molecule has 1 aromatic carbocycles. The summed E-state index contributed by atoms with van der Waals surface area (Å²) in [5, 5.41) is 9.64. The molecular weight excluding hydrogens is 763 g/mol. The van der Waals surface area contributed by atoms with Crippen molar-refractivity contribution in [2.75, 3.05) is 50.3 Å². The standard InChI is InChI=1S/C40H46F2N5O9P/c1-39(2,3)55-57(52,56-40(4,5)6)54-21-53-38(51)45(8)30-16-28(41)34(42)32-26(30)15-29-33(32)35(46-14-13-23-18-44(7)20-31(23)46)27(17-43-29)22-9-10-24-11-12-25(37(49)50)36(48)47(24)19-22/h9-12,16-17,19,23,31H,13-15,18,20-21H2,1-8H3,(H,49,50)/t23-,31+/m0/s1. The maximum atomic E-state index is 16.4. The van der Waals surface area contributed by atoms with Gasteiger partial charge >= 0.3 is 19.9 Å². The number of hydrogen-bond donors (Lipinski definition) is 1. The number of aromatic carboxylic acids is 1. The predicted molar refractivity (Wildman–Crippen MR) is 209 cm³/mol. The number of carboxylic acid groups (broad SMARTS) is 1. The monoisotopic (exact) mass is 809 g/mol. The Labute approximate surface area is 328 Å². The molecule has 2 saturated heterocycles. The molecule has 1 aliphatic carbocycles. The van der Waals surface area contributed by atoms with Gasteiger partial charge in [-0.05, 0) is 84.7 Å². The van der Waals surface area contributed by atoms with Crippen LogP contribution in [0.25, 0.3) is 27.8 Å². The number of pyridine rings is 3. The molecule has 3 aromatic heterocycles. The molecule has 0 spiro atoms. The molecule has 5 heterocycles. The van der Waals surface area contributed by atoms with E-state index in [9.17, 15) is 24.1 Å².